The highest BCUT2D eigenvalue weighted by Gasteiger charge is 2.42. The highest BCUT2D eigenvalue weighted by atomic mass is 31.2. The highest BCUT2D eigenvalue weighted by Crippen LogP contribution is 2.68. The van der Waals surface area contributed by atoms with Gasteiger partial charge in [0, 0.05) is 25.7 Å². The maximum atomic E-state index is 11.7. The first kappa shape index (κ1) is 10.5. The summed E-state index contributed by atoms with van der Waals surface area (Å²) in [5.74, 6) is 0. The van der Waals surface area contributed by atoms with Crippen molar-refractivity contribution in [2.75, 3.05) is 25.7 Å². The van der Waals surface area contributed by atoms with E-state index >= 15 is 0 Å². The zero-order chi connectivity index (χ0) is 9.62. The van der Waals surface area contributed by atoms with Crippen molar-refractivity contribution in [1.29, 1.82) is 0 Å². The third-order valence-corrected chi connectivity index (χ3v) is 7.40. The van der Waals surface area contributed by atoms with E-state index in [-0.39, 0.29) is 5.41 Å². The van der Waals surface area contributed by atoms with Gasteiger partial charge in [-0.05, 0) is 5.41 Å². The molecule has 0 bridgehead atoms. The van der Waals surface area contributed by atoms with Crippen molar-refractivity contribution in [3.8, 4) is 0 Å². The van der Waals surface area contributed by atoms with Crippen molar-refractivity contribution < 1.29 is 13.4 Å². The molecule has 0 aliphatic carbocycles. The zero-order valence-corrected chi connectivity index (χ0v) is 9.82. The van der Waals surface area contributed by atoms with E-state index in [1.807, 2.05) is 13.8 Å². The summed E-state index contributed by atoms with van der Waals surface area (Å²) in [7, 11) is -5.19. The third-order valence-electron chi connectivity index (χ3n) is 1.78. The van der Waals surface area contributed by atoms with Crippen LogP contribution in [0.4, 0.5) is 0 Å². The molecular formula is C7H16O3P2. The smallest absolute Gasteiger partial charge is 0.206 e. The lowest BCUT2D eigenvalue weighted by molar-refractivity contribution is 0.378. The van der Waals surface area contributed by atoms with Crippen molar-refractivity contribution >= 4 is 14.7 Å². The van der Waals surface area contributed by atoms with Crippen molar-refractivity contribution in [2.24, 2.45) is 5.41 Å². The van der Waals surface area contributed by atoms with Crippen LogP contribution in [0.2, 0.25) is 0 Å². The van der Waals surface area contributed by atoms with Crippen molar-refractivity contribution in [3.63, 3.8) is 0 Å². The van der Waals surface area contributed by atoms with E-state index in [0.29, 0.717) is 12.3 Å². The minimum Gasteiger partial charge on any atom is -0.293 e. The predicted molar refractivity (Wildman–Crippen MR) is 51.7 cm³/mol. The summed E-state index contributed by atoms with van der Waals surface area (Å²) in [6.07, 6.45) is 1.08. The molecule has 5 heteroatoms. The summed E-state index contributed by atoms with van der Waals surface area (Å²) in [6, 6.07) is 0. The molecule has 1 fully saturated rings. The molecule has 0 radical (unpaired) electrons. The van der Waals surface area contributed by atoms with Crippen LogP contribution in [-0.4, -0.2) is 25.7 Å². The Labute approximate surface area is 73.8 Å². The van der Waals surface area contributed by atoms with Gasteiger partial charge < -0.3 is 0 Å². The first-order valence-electron chi connectivity index (χ1n) is 3.96. The molecule has 72 valence electrons. The van der Waals surface area contributed by atoms with Gasteiger partial charge in [0.1, 0.15) is 0 Å². The standard InChI is InChI=1S/C7H16O3P2/c1-7(2)5-11(3,8)10-12(4,9)6-7/h5-6H2,1-4H3. The Bertz CT molecular complexity index is 256. The lowest BCUT2D eigenvalue weighted by Gasteiger charge is -2.36. The summed E-state index contributed by atoms with van der Waals surface area (Å²) in [4.78, 5) is 0. The van der Waals surface area contributed by atoms with Crippen LogP contribution in [0.5, 0.6) is 0 Å². The Morgan fingerprint density at radius 3 is 1.67 bits per heavy atom. The molecule has 1 heterocycles. The molecule has 1 saturated heterocycles. The second-order valence-corrected chi connectivity index (χ2v) is 9.93. The average Bonchev–Trinajstić information content (AvgIpc) is 1.44. The van der Waals surface area contributed by atoms with Crippen LogP contribution < -0.4 is 0 Å². The van der Waals surface area contributed by atoms with Gasteiger partial charge in [-0.1, -0.05) is 13.8 Å². The van der Waals surface area contributed by atoms with Gasteiger partial charge >= 0.3 is 0 Å². The molecule has 1 rings (SSSR count). The van der Waals surface area contributed by atoms with E-state index in [9.17, 15) is 9.13 Å². The average molecular weight is 210 g/mol. The molecule has 2 unspecified atom stereocenters. The first-order chi connectivity index (χ1) is 5.12. The van der Waals surface area contributed by atoms with E-state index in [0.717, 1.165) is 0 Å². The third kappa shape index (κ3) is 2.73. The van der Waals surface area contributed by atoms with Gasteiger partial charge in [0.05, 0.1) is 0 Å². The monoisotopic (exact) mass is 210 g/mol. The van der Waals surface area contributed by atoms with Crippen LogP contribution in [0.15, 0.2) is 0 Å². The summed E-state index contributed by atoms with van der Waals surface area (Å²) in [5.41, 5.74) is -0.104. The maximum absolute atomic E-state index is 11.7. The van der Waals surface area contributed by atoms with Crippen molar-refractivity contribution in [2.45, 2.75) is 13.8 Å². The largest absolute Gasteiger partial charge is 0.293 e. The minimum atomic E-state index is -2.59. The van der Waals surface area contributed by atoms with Crippen molar-refractivity contribution in [1.82, 2.24) is 0 Å². The van der Waals surface area contributed by atoms with Crippen LogP contribution in [0.25, 0.3) is 0 Å². The Hall–Kier alpha value is 0.420. The van der Waals surface area contributed by atoms with Gasteiger partial charge in [-0.2, -0.15) is 0 Å². The topological polar surface area (TPSA) is 43.4 Å². The second-order valence-electron chi connectivity index (χ2n) is 4.59. The highest BCUT2D eigenvalue weighted by molar-refractivity contribution is 7.72. The fourth-order valence-corrected chi connectivity index (χ4v) is 8.92. The molecule has 12 heavy (non-hydrogen) atoms. The van der Waals surface area contributed by atoms with E-state index < -0.39 is 14.7 Å². The Balaban J connectivity index is 2.96. The maximum Gasteiger partial charge on any atom is 0.206 e. The molecule has 0 aromatic heterocycles. The van der Waals surface area contributed by atoms with Crippen LogP contribution in [0.3, 0.4) is 0 Å². The Morgan fingerprint density at radius 1 is 1.08 bits per heavy atom. The Morgan fingerprint density at radius 2 is 1.42 bits per heavy atom. The molecule has 0 aromatic rings. The molecule has 1 aliphatic rings. The predicted octanol–water partition coefficient (Wildman–Crippen LogP) is 2.86. The molecule has 0 saturated carbocycles. The number of hydrogen-bond donors (Lipinski definition) is 0. The van der Waals surface area contributed by atoms with Gasteiger partial charge in [0.25, 0.3) is 0 Å². The normalized spacial score (nSPS) is 47.3. The lowest BCUT2D eigenvalue weighted by Crippen LogP contribution is -2.26. The van der Waals surface area contributed by atoms with Gasteiger partial charge in [-0.15, -0.1) is 0 Å². The zero-order valence-electron chi connectivity index (χ0n) is 8.03. The quantitative estimate of drug-likeness (QED) is 0.577. The number of rotatable bonds is 0. The molecule has 0 amide bonds. The SMILES string of the molecule is CC1(C)CP(C)(=O)OP(C)(=O)C1. The lowest BCUT2D eigenvalue weighted by atomic mass is 10.00. The molecule has 0 spiro atoms. The summed E-state index contributed by atoms with van der Waals surface area (Å²) in [6.45, 7) is 7.12. The van der Waals surface area contributed by atoms with Crippen LogP contribution in [0.1, 0.15) is 13.8 Å². The first-order valence-corrected chi connectivity index (χ1v) is 8.48. The molecule has 1 aliphatic heterocycles. The minimum absolute atomic E-state index is 0.104. The molecule has 0 aromatic carbocycles. The summed E-state index contributed by atoms with van der Waals surface area (Å²) >= 11 is 0. The molecule has 2 atom stereocenters. The van der Waals surface area contributed by atoms with Crippen LogP contribution >= 0.6 is 14.7 Å². The summed E-state index contributed by atoms with van der Waals surface area (Å²) in [5, 5.41) is 0. The fourth-order valence-electron chi connectivity index (χ4n) is 2.03. The van der Waals surface area contributed by atoms with E-state index in [1.54, 1.807) is 13.3 Å². The number of hydrogen-bond acceptors (Lipinski definition) is 3. The van der Waals surface area contributed by atoms with Gasteiger partial charge in [0.15, 0.2) is 0 Å². The van der Waals surface area contributed by atoms with Crippen LogP contribution in [0, 0.1) is 5.41 Å². The van der Waals surface area contributed by atoms with Gasteiger partial charge in [-0.3, -0.25) is 13.4 Å². The molecule has 0 N–H and O–H groups in total. The van der Waals surface area contributed by atoms with Crippen LogP contribution in [-0.2, 0) is 13.4 Å². The second kappa shape index (κ2) is 2.70. The Kier molecular flexibility index (Phi) is 2.36. The van der Waals surface area contributed by atoms with E-state index in [2.05, 4.69) is 0 Å². The van der Waals surface area contributed by atoms with Gasteiger partial charge in [-0.25, -0.2) is 0 Å². The fraction of sp³-hybridized carbons (Fsp3) is 1.00. The van der Waals surface area contributed by atoms with Gasteiger partial charge in [0.2, 0.25) is 14.7 Å². The summed E-state index contributed by atoms with van der Waals surface area (Å²) < 4.78 is 28.4. The van der Waals surface area contributed by atoms with Crippen molar-refractivity contribution in [3.05, 3.63) is 0 Å². The van der Waals surface area contributed by atoms with E-state index in [1.165, 1.54) is 0 Å². The van der Waals surface area contributed by atoms with E-state index in [4.69, 9.17) is 4.31 Å². The molecular weight excluding hydrogens is 194 g/mol. The molecule has 3 nitrogen and oxygen atoms in total.